The van der Waals surface area contributed by atoms with E-state index < -0.39 is 0 Å². The number of nitrogens with two attached hydrogens (primary N) is 1. The Balaban J connectivity index is 1.94. The van der Waals surface area contributed by atoms with E-state index in [-0.39, 0.29) is 0 Å². The fourth-order valence-corrected chi connectivity index (χ4v) is 4.11. The summed E-state index contributed by atoms with van der Waals surface area (Å²) in [4.78, 5) is 3.69. The van der Waals surface area contributed by atoms with Crippen LogP contribution >= 0.6 is 0 Å². The van der Waals surface area contributed by atoms with Crippen molar-refractivity contribution in [2.75, 3.05) is 13.7 Å². The van der Waals surface area contributed by atoms with E-state index in [1.165, 1.54) is 33.1 Å². The van der Waals surface area contributed by atoms with E-state index in [4.69, 9.17) is 10.5 Å². The molecule has 0 aliphatic heterocycles. The molecule has 0 spiro atoms. The maximum absolute atomic E-state index is 5.89. The van der Waals surface area contributed by atoms with Crippen molar-refractivity contribution >= 4 is 21.7 Å². The molecule has 3 aromatic carbocycles. The lowest BCUT2D eigenvalue weighted by atomic mass is 9.96. The van der Waals surface area contributed by atoms with Crippen molar-refractivity contribution in [3.8, 4) is 17.0 Å². The Morgan fingerprint density at radius 1 is 0.964 bits per heavy atom. The predicted molar refractivity (Wildman–Crippen MR) is 119 cm³/mol. The molecule has 0 atom stereocenters. The molecule has 144 valence electrons. The number of nitrogens with one attached hydrogen (secondary N) is 1. The summed E-state index contributed by atoms with van der Waals surface area (Å²) >= 11 is 0. The van der Waals surface area contributed by atoms with Crippen molar-refractivity contribution in [3.63, 3.8) is 0 Å². The van der Waals surface area contributed by atoms with Crippen LogP contribution in [0.3, 0.4) is 0 Å². The Labute approximate surface area is 166 Å². The zero-order valence-electron chi connectivity index (χ0n) is 16.7. The third-order valence-electron chi connectivity index (χ3n) is 5.61. The summed E-state index contributed by atoms with van der Waals surface area (Å²) in [6, 6.07) is 19.5. The van der Waals surface area contributed by atoms with Crippen LogP contribution in [0.25, 0.3) is 32.9 Å². The molecule has 28 heavy (non-hydrogen) atoms. The second-order valence-corrected chi connectivity index (χ2v) is 7.33. The number of H-pyrrole nitrogens is 1. The predicted octanol–water partition coefficient (Wildman–Crippen LogP) is 5.84. The van der Waals surface area contributed by atoms with Gasteiger partial charge in [-0.1, -0.05) is 43.3 Å². The quantitative estimate of drug-likeness (QED) is 0.400. The van der Waals surface area contributed by atoms with Crippen LogP contribution in [0.2, 0.25) is 0 Å². The second kappa shape index (κ2) is 8.07. The number of benzene rings is 3. The number of fused-ring (bicyclic) bond motifs is 2. The summed E-state index contributed by atoms with van der Waals surface area (Å²) in [5, 5.41) is 3.65. The van der Waals surface area contributed by atoms with Gasteiger partial charge in [-0.25, -0.2) is 0 Å². The monoisotopic (exact) mass is 372 g/mol. The van der Waals surface area contributed by atoms with Gasteiger partial charge in [-0.15, -0.1) is 0 Å². The van der Waals surface area contributed by atoms with E-state index in [0.717, 1.165) is 48.9 Å². The van der Waals surface area contributed by atoms with Gasteiger partial charge in [0.1, 0.15) is 5.75 Å². The third kappa shape index (κ3) is 3.27. The number of hydrogen-bond donors (Lipinski definition) is 2. The molecule has 0 unspecified atom stereocenters. The van der Waals surface area contributed by atoms with E-state index in [9.17, 15) is 0 Å². The average molecular weight is 373 g/mol. The van der Waals surface area contributed by atoms with Crippen LogP contribution in [0.15, 0.2) is 54.6 Å². The van der Waals surface area contributed by atoms with Gasteiger partial charge in [-0.05, 0) is 66.9 Å². The maximum Gasteiger partial charge on any atom is 0.136 e. The first-order valence-corrected chi connectivity index (χ1v) is 10.2. The lowest BCUT2D eigenvalue weighted by molar-refractivity contribution is 0.421. The molecule has 0 amide bonds. The summed E-state index contributed by atoms with van der Waals surface area (Å²) in [7, 11) is 1.76. The van der Waals surface area contributed by atoms with Crippen molar-refractivity contribution in [1.82, 2.24) is 4.98 Å². The van der Waals surface area contributed by atoms with E-state index in [2.05, 4.69) is 66.5 Å². The molecule has 0 bridgehead atoms. The summed E-state index contributed by atoms with van der Waals surface area (Å²) in [5.74, 6) is 0.931. The number of ether oxygens (including phenoxy) is 1. The number of hydrogen-bond acceptors (Lipinski definition) is 2. The zero-order chi connectivity index (χ0) is 19.5. The van der Waals surface area contributed by atoms with Crippen LogP contribution in [0.1, 0.15) is 30.9 Å². The highest BCUT2D eigenvalue weighted by Crippen LogP contribution is 2.40. The number of unbranched alkanes of at least 4 members (excludes halogenated alkanes) is 1. The maximum atomic E-state index is 5.89. The van der Waals surface area contributed by atoms with Crippen LogP contribution in [-0.2, 0) is 12.8 Å². The molecule has 0 saturated carbocycles. The molecule has 0 fully saturated rings. The summed E-state index contributed by atoms with van der Waals surface area (Å²) < 4.78 is 5.89. The number of rotatable bonds is 7. The van der Waals surface area contributed by atoms with Crippen LogP contribution in [0, 0.1) is 0 Å². The fraction of sp³-hybridized carbons (Fsp3) is 0.280. The molecule has 4 rings (SSSR count). The molecule has 1 aromatic heterocycles. The molecule has 1 heterocycles. The number of aromatic nitrogens is 1. The molecule has 3 heteroatoms. The van der Waals surface area contributed by atoms with Crippen LogP contribution in [-0.4, -0.2) is 18.6 Å². The topological polar surface area (TPSA) is 51.0 Å². The normalized spacial score (nSPS) is 11.4. The van der Waals surface area contributed by atoms with Crippen LogP contribution in [0.4, 0.5) is 0 Å². The van der Waals surface area contributed by atoms with Gasteiger partial charge >= 0.3 is 0 Å². The average Bonchev–Trinajstić information content (AvgIpc) is 3.10. The zero-order valence-corrected chi connectivity index (χ0v) is 16.7. The smallest absolute Gasteiger partial charge is 0.136 e. The second-order valence-electron chi connectivity index (χ2n) is 7.33. The third-order valence-corrected chi connectivity index (χ3v) is 5.61. The lowest BCUT2D eigenvalue weighted by Crippen LogP contribution is -1.99. The molecule has 0 saturated heterocycles. The SMILES string of the molecule is CCc1ccc2[nH]c(-c3ccc4ccccc4c3OC)c(CCCCN)c2c1. The van der Waals surface area contributed by atoms with Crippen molar-refractivity contribution < 1.29 is 4.74 Å². The molecule has 4 aromatic rings. The Morgan fingerprint density at radius 3 is 2.61 bits per heavy atom. The molecule has 3 nitrogen and oxygen atoms in total. The largest absolute Gasteiger partial charge is 0.495 e. The molecule has 0 radical (unpaired) electrons. The number of aryl methyl sites for hydroxylation is 2. The Bertz CT molecular complexity index is 1110. The van der Waals surface area contributed by atoms with E-state index >= 15 is 0 Å². The van der Waals surface area contributed by atoms with Crippen molar-refractivity contribution in [2.24, 2.45) is 5.73 Å². The van der Waals surface area contributed by atoms with Crippen LogP contribution in [0.5, 0.6) is 5.75 Å². The minimum Gasteiger partial charge on any atom is -0.495 e. The molecule has 0 aliphatic carbocycles. The van der Waals surface area contributed by atoms with Gasteiger partial charge in [0.25, 0.3) is 0 Å². The lowest BCUT2D eigenvalue weighted by Gasteiger charge is -2.13. The van der Waals surface area contributed by atoms with Gasteiger partial charge in [-0.3, -0.25) is 0 Å². The van der Waals surface area contributed by atoms with E-state index in [1.54, 1.807) is 7.11 Å². The molecule has 0 aliphatic rings. The summed E-state index contributed by atoms with van der Waals surface area (Å²) in [5.41, 5.74) is 12.0. The van der Waals surface area contributed by atoms with Crippen molar-refractivity contribution in [3.05, 3.63) is 65.7 Å². The molecular weight excluding hydrogens is 344 g/mol. The van der Waals surface area contributed by atoms with Gasteiger partial charge < -0.3 is 15.5 Å². The summed E-state index contributed by atoms with van der Waals surface area (Å²) in [6.07, 6.45) is 4.17. The van der Waals surface area contributed by atoms with Gasteiger partial charge in [0.2, 0.25) is 0 Å². The first-order valence-electron chi connectivity index (χ1n) is 10.2. The highest BCUT2D eigenvalue weighted by Gasteiger charge is 2.18. The number of methoxy groups -OCH3 is 1. The fourth-order valence-electron chi connectivity index (χ4n) is 4.11. The van der Waals surface area contributed by atoms with E-state index in [1.807, 2.05) is 0 Å². The van der Waals surface area contributed by atoms with Gasteiger partial charge in [-0.2, -0.15) is 0 Å². The minimum absolute atomic E-state index is 0.733. The molecule has 3 N–H and O–H groups in total. The van der Waals surface area contributed by atoms with Gasteiger partial charge in [0.15, 0.2) is 0 Å². The van der Waals surface area contributed by atoms with Crippen molar-refractivity contribution in [1.29, 1.82) is 0 Å². The number of aromatic amines is 1. The highest BCUT2D eigenvalue weighted by atomic mass is 16.5. The highest BCUT2D eigenvalue weighted by molar-refractivity contribution is 5.98. The van der Waals surface area contributed by atoms with Gasteiger partial charge in [0.05, 0.1) is 12.8 Å². The van der Waals surface area contributed by atoms with Gasteiger partial charge in [0, 0.05) is 21.9 Å². The van der Waals surface area contributed by atoms with Crippen LogP contribution < -0.4 is 10.5 Å². The van der Waals surface area contributed by atoms with Crippen molar-refractivity contribution in [2.45, 2.75) is 32.6 Å². The Hall–Kier alpha value is -2.78. The first kappa shape index (κ1) is 18.6. The van der Waals surface area contributed by atoms with E-state index in [0.29, 0.717) is 0 Å². The Morgan fingerprint density at radius 2 is 1.82 bits per heavy atom. The standard InChI is InChI=1S/C25H28N2O/c1-3-17-11-14-23-22(16-17)20(10-6-7-15-26)24(27-23)21-13-12-18-8-4-5-9-19(18)25(21)28-2/h4-5,8-9,11-14,16,27H,3,6-7,10,15,26H2,1-2H3. The molecular formula is C25H28N2O. The summed E-state index contributed by atoms with van der Waals surface area (Å²) in [6.45, 7) is 2.94. The Kier molecular flexibility index (Phi) is 5.36. The first-order chi connectivity index (χ1) is 13.8. The minimum atomic E-state index is 0.733.